The number of nitrogens with zero attached hydrogens (tertiary/aromatic N) is 4. The van der Waals surface area contributed by atoms with E-state index < -0.39 is 0 Å². The summed E-state index contributed by atoms with van der Waals surface area (Å²) in [4.78, 5) is 8.61. The van der Waals surface area contributed by atoms with Crippen molar-refractivity contribution in [1.29, 1.82) is 0 Å². The van der Waals surface area contributed by atoms with Gasteiger partial charge in [0.1, 0.15) is 11.5 Å². The second-order valence-corrected chi connectivity index (χ2v) is 4.81. The monoisotopic (exact) mass is 296 g/mol. The number of aryl methyl sites for hydroxylation is 2. The molecular weight excluding hydrogens is 280 g/mol. The molecule has 0 unspecified atom stereocenters. The molecule has 6 nitrogen and oxygen atoms in total. The minimum atomic E-state index is 0.391. The summed E-state index contributed by atoms with van der Waals surface area (Å²) in [6, 6.07) is 9.31. The maximum absolute atomic E-state index is 5.86. The summed E-state index contributed by atoms with van der Waals surface area (Å²) in [7, 11) is 1.61. The Bertz CT molecular complexity index is 798. The summed E-state index contributed by atoms with van der Waals surface area (Å²) in [6.07, 6.45) is 3.20. The van der Waals surface area contributed by atoms with E-state index in [2.05, 4.69) is 15.1 Å². The van der Waals surface area contributed by atoms with E-state index in [-0.39, 0.29) is 0 Å². The third-order valence-corrected chi connectivity index (χ3v) is 3.11. The first-order chi connectivity index (χ1) is 10.7. The van der Waals surface area contributed by atoms with Gasteiger partial charge in [0.2, 0.25) is 5.82 Å². The quantitative estimate of drug-likeness (QED) is 0.740. The molecule has 112 valence electrons. The van der Waals surface area contributed by atoms with Crippen molar-refractivity contribution in [1.82, 2.24) is 19.7 Å². The molecule has 0 bridgehead atoms. The molecule has 0 fully saturated rings. The van der Waals surface area contributed by atoms with Crippen LogP contribution in [0.25, 0.3) is 5.82 Å². The van der Waals surface area contributed by atoms with E-state index in [1.165, 1.54) is 0 Å². The molecule has 0 radical (unpaired) electrons. The number of hydrogen-bond acceptors (Lipinski definition) is 5. The lowest BCUT2D eigenvalue weighted by Gasteiger charge is -2.10. The zero-order valence-electron chi connectivity index (χ0n) is 12.6. The van der Waals surface area contributed by atoms with Gasteiger partial charge in [-0.3, -0.25) is 0 Å². The van der Waals surface area contributed by atoms with Crippen LogP contribution in [0.2, 0.25) is 0 Å². The first-order valence-corrected chi connectivity index (χ1v) is 6.84. The highest BCUT2D eigenvalue weighted by atomic mass is 16.5. The first kappa shape index (κ1) is 14.1. The molecule has 6 heteroatoms. The number of aromatic nitrogens is 4. The summed E-state index contributed by atoms with van der Waals surface area (Å²) in [5.74, 6) is 2.29. The maximum Gasteiger partial charge on any atom is 0.265 e. The summed E-state index contributed by atoms with van der Waals surface area (Å²) in [6.45, 7) is 3.90. The molecule has 3 aromatic rings. The lowest BCUT2D eigenvalue weighted by Crippen LogP contribution is -2.05. The third-order valence-electron chi connectivity index (χ3n) is 3.11. The van der Waals surface area contributed by atoms with Gasteiger partial charge in [-0.2, -0.15) is 5.10 Å². The van der Waals surface area contributed by atoms with E-state index in [1.807, 2.05) is 38.1 Å². The lowest BCUT2D eigenvalue weighted by molar-refractivity contribution is 0.406. The normalized spacial score (nSPS) is 10.5. The number of benzene rings is 1. The molecule has 3 rings (SSSR count). The lowest BCUT2D eigenvalue weighted by atomic mass is 10.3. The van der Waals surface area contributed by atoms with Crippen LogP contribution in [0.15, 0.2) is 42.7 Å². The van der Waals surface area contributed by atoms with Crippen LogP contribution in [0.1, 0.15) is 11.4 Å². The summed E-state index contributed by atoms with van der Waals surface area (Å²) >= 11 is 0. The van der Waals surface area contributed by atoms with Crippen molar-refractivity contribution < 1.29 is 9.47 Å². The zero-order valence-corrected chi connectivity index (χ0v) is 12.6. The Morgan fingerprint density at radius 3 is 2.50 bits per heavy atom. The zero-order chi connectivity index (χ0) is 15.5. The molecule has 0 aliphatic rings. The molecule has 22 heavy (non-hydrogen) atoms. The molecule has 1 aromatic carbocycles. The van der Waals surface area contributed by atoms with Crippen molar-refractivity contribution in [2.45, 2.75) is 13.8 Å². The molecule has 0 N–H and O–H groups in total. The van der Waals surface area contributed by atoms with Gasteiger partial charge in [-0.05, 0) is 32.0 Å². The number of ether oxygens (including phenoxy) is 2. The fourth-order valence-corrected chi connectivity index (χ4v) is 2.15. The molecule has 0 aliphatic carbocycles. The van der Waals surface area contributed by atoms with Crippen LogP contribution < -0.4 is 9.47 Å². The van der Waals surface area contributed by atoms with Gasteiger partial charge in [0.15, 0.2) is 0 Å². The van der Waals surface area contributed by atoms with Gasteiger partial charge >= 0.3 is 0 Å². The van der Waals surface area contributed by atoms with Gasteiger partial charge in [0.05, 0.1) is 12.8 Å². The molecule has 0 saturated carbocycles. The Morgan fingerprint density at radius 1 is 1.00 bits per heavy atom. The van der Waals surface area contributed by atoms with Crippen molar-refractivity contribution in [2.75, 3.05) is 7.11 Å². The van der Waals surface area contributed by atoms with Crippen LogP contribution in [-0.4, -0.2) is 26.9 Å². The topological polar surface area (TPSA) is 62.1 Å². The van der Waals surface area contributed by atoms with Crippen molar-refractivity contribution in [2.24, 2.45) is 0 Å². The molecule has 0 saturated heterocycles. The highest BCUT2D eigenvalue weighted by Crippen LogP contribution is 2.27. The van der Waals surface area contributed by atoms with E-state index in [0.29, 0.717) is 23.2 Å². The predicted octanol–water partition coefficient (Wildman–Crippen LogP) is 3.08. The third kappa shape index (κ3) is 2.76. The van der Waals surface area contributed by atoms with Gasteiger partial charge in [-0.15, -0.1) is 0 Å². The van der Waals surface area contributed by atoms with Crippen molar-refractivity contribution in [3.05, 3.63) is 54.1 Å². The molecular formula is C16H16N4O2. The number of hydrogen-bond donors (Lipinski definition) is 0. The minimum absolute atomic E-state index is 0.391. The number of rotatable bonds is 4. The van der Waals surface area contributed by atoms with E-state index in [0.717, 1.165) is 11.4 Å². The first-order valence-electron chi connectivity index (χ1n) is 6.84. The Hall–Kier alpha value is -2.89. The van der Waals surface area contributed by atoms with Crippen LogP contribution in [0.5, 0.6) is 17.4 Å². The van der Waals surface area contributed by atoms with E-state index >= 15 is 0 Å². The minimum Gasteiger partial charge on any atom is -0.497 e. The Labute approximate surface area is 128 Å². The van der Waals surface area contributed by atoms with Crippen LogP contribution in [0.3, 0.4) is 0 Å². The Balaban J connectivity index is 1.99. The average Bonchev–Trinajstić information content (AvgIpc) is 2.86. The van der Waals surface area contributed by atoms with Crippen molar-refractivity contribution in [3.63, 3.8) is 0 Å². The van der Waals surface area contributed by atoms with Gasteiger partial charge < -0.3 is 9.47 Å². The standard InChI is InChI=1S/C16H16N4O2/c1-11-9-12(2)20(19-11)15-16(18-8-7-17-15)22-14-6-4-5-13(10-14)21-3/h4-10H,1-3H3. The molecule has 2 heterocycles. The second-order valence-electron chi connectivity index (χ2n) is 4.81. The maximum atomic E-state index is 5.86. The van der Waals surface area contributed by atoms with Crippen LogP contribution >= 0.6 is 0 Å². The fraction of sp³-hybridized carbons (Fsp3) is 0.188. The Morgan fingerprint density at radius 2 is 1.77 bits per heavy atom. The van der Waals surface area contributed by atoms with Crippen LogP contribution in [-0.2, 0) is 0 Å². The molecule has 0 aliphatic heterocycles. The summed E-state index contributed by atoms with van der Waals surface area (Å²) < 4.78 is 12.8. The van der Waals surface area contributed by atoms with E-state index in [9.17, 15) is 0 Å². The number of methoxy groups -OCH3 is 1. The molecule has 0 spiro atoms. The largest absolute Gasteiger partial charge is 0.497 e. The SMILES string of the molecule is COc1cccc(Oc2nccnc2-n2nc(C)cc2C)c1. The van der Waals surface area contributed by atoms with E-state index in [1.54, 1.807) is 30.3 Å². The van der Waals surface area contributed by atoms with Gasteiger partial charge in [-0.1, -0.05) is 6.07 Å². The highest BCUT2D eigenvalue weighted by Gasteiger charge is 2.13. The molecule has 0 amide bonds. The molecule has 2 aromatic heterocycles. The van der Waals surface area contributed by atoms with E-state index in [4.69, 9.17) is 9.47 Å². The van der Waals surface area contributed by atoms with Gasteiger partial charge in [0.25, 0.3) is 5.88 Å². The predicted molar refractivity (Wildman–Crippen MR) is 81.7 cm³/mol. The van der Waals surface area contributed by atoms with Crippen molar-refractivity contribution in [3.8, 4) is 23.2 Å². The van der Waals surface area contributed by atoms with Gasteiger partial charge in [-0.25, -0.2) is 14.6 Å². The smallest absolute Gasteiger partial charge is 0.265 e. The van der Waals surface area contributed by atoms with Crippen LogP contribution in [0.4, 0.5) is 0 Å². The van der Waals surface area contributed by atoms with Gasteiger partial charge in [0, 0.05) is 24.2 Å². The van der Waals surface area contributed by atoms with Crippen LogP contribution in [0, 0.1) is 13.8 Å². The second kappa shape index (κ2) is 5.85. The molecule has 0 atom stereocenters. The summed E-state index contributed by atoms with van der Waals surface area (Å²) in [5.41, 5.74) is 1.88. The fourth-order valence-electron chi connectivity index (χ4n) is 2.15. The average molecular weight is 296 g/mol. The summed E-state index contributed by atoms with van der Waals surface area (Å²) in [5, 5.41) is 4.43. The van der Waals surface area contributed by atoms with Crippen molar-refractivity contribution >= 4 is 0 Å². The highest BCUT2D eigenvalue weighted by molar-refractivity contribution is 5.40. The Kier molecular flexibility index (Phi) is 3.74.